The van der Waals surface area contributed by atoms with Crippen molar-refractivity contribution in [3.05, 3.63) is 57.4 Å². The second kappa shape index (κ2) is 5.36. The van der Waals surface area contributed by atoms with Gasteiger partial charge in [-0.05, 0) is 17.7 Å². The van der Waals surface area contributed by atoms with Gasteiger partial charge in [-0.25, -0.2) is 0 Å². The SMILES string of the molecule is CC(C)c1ncc(-c2cccc(Cl)c2)cc1[N+](=O)[O-]. The Bertz CT molecular complexity index is 627. The highest BCUT2D eigenvalue weighted by molar-refractivity contribution is 6.30. The van der Waals surface area contributed by atoms with Crippen molar-refractivity contribution in [2.24, 2.45) is 0 Å². The summed E-state index contributed by atoms with van der Waals surface area (Å²) < 4.78 is 0. The molecule has 19 heavy (non-hydrogen) atoms. The number of nitrogens with zero attached hydrogens (tertiary/aromatic N) is 2. The molecule has 0 saturated carbocycles. The van der Waals surface area contributed by atoms with Crippen molar-refractivity contribution in [1.82, 2.24) is 4.98 Å². The lowest BCUT2D eigenvalue weighted by Gasteiger charge is -2.08. The molecule has 0 atom stereocenters. The van der Waals surface area contributed by atoms with E-state index in [4.69, 9.17) is 11.6 Å². The lowest BCUT2D eigenvalue weighted by molar-refractivity contribution is -0.386. The molecule has 0 aliphatic carbocycles. The largest absolute Gasteiger partial charge is 0.291 e. The molecule has 0 aliphatic heterocycles. The van der Waals surface area contributed by atoms with Crippen LogP contribution in [0, 0.1) is 10.1 Å². The normalized spacial score (nSPS) is 10.7. The molecule has 1 aromatic carbocycles. The van der Waals surface area contributed by atoms with Gasteiger partial charge in [-0.1, -0.05) is 37.6 Å². The third-order valence-corrected chi connectivity index (χ3v) is 3.03. The average molecular weight is 277 g/mol. The summed E-state index contributed by atoms with van der Waals surface area (Å²) in [7, 11) is 0. The molecule has 4 nitrogen and oxygen atoms in total. The second-order valence-electron chi connectivity index (χ2n) is 4.55. The van der Waals surface area contributed by atoms with Gasteiger partial charge >= 0.3 is 0 Å². The van der Waals surface area contributed by atoms with Gasteiger partial charge < -0.3 is 0 Å². The molecule has 0 spiro atoms. The van der Waals surface area contributed by atoms with E-state index in [0.29, 0.717) is 16.3 Å². The number of hydrogen-bond donors (Lipinski definition) is 0. The molecule has 0 amide bonds. The number of pyridine rings is 1. The maximum atomic E-state index is 11.1. The summed E-state index contributed by atoms with van der Waals surface area (Å²) in [4.78, 5) is 14.9. The minimum atomic E-state index is -0.392. The number of rotatable bonds is 3. The summed E-state index contributed by atoms with van der Waals surface area (Å²) in [5.74, 6) is 0.00816. The first-order valence-corrected chi connectivity index (χ1v) is 6.27. The highest BCUT2D eigenvalue weighted by Crippen LogP contribution is 2.30. The molecule has 98 valence electrons. The van der Waals surface area contributed by atoms with Crippen LogP contribution in [0.1, 0.15) is 25.5 Å². The van der Waals surface area contributed by atoms with Crippen LogP contribution < -0.4 is 0 Å². The molecular weight excluding hydrogens is 264 g/mol. The van der Waals surface area contributed by atoms with Crippen LogP contribution in [0.4, 0.5) is 5.69 Å². The number of halogens is 1. The van der Waals surface area contributed by atoms with Gasteiger partial charge in [0, 0.05) is 28.8 Å². The molecular formula is C14H13ClN2O2. The smallest absolute Gasteiger partial charge is 0.258 e. The van der Waals surface area contributed by atoms with E-state index in [2.05, 4.69) is 4.98 Å². The Balaban J connectivity index is 2.55. The van der Waals surface area contributed by atoms with E-state index in [9.17, 15) is 10.1 Å². The Hall–Kier alpha value is -1.94. The fourth-order valence-corrected chi connectivity index (χ4v) is 2.07. The molecule has 0 aliphatic rings. The Labute approximate surface area is 116 Å². The van der Waals surface area contributed by atoms with Crippen LogP contribution in [0.3, 0.4) is 0 Å². The van der Waals surface area contributed by atoms with Gasteiger partial charge in [0.2, 0.25) is 0 Å². The van der Waals surface area contributed by atoms with E-state index in [-0.39, 0.29) is 11.6 Å². The Morgan fingerprint density at radius 1 is 1.26 bits per heavy atom. The lowest BCUT2D eigenvalue weighted by Crippen LogP contribution is -2.00. The second-order valence-corrected chi connectivity index (χ2v) is 4.99. The first-order chi connectivity index (χ1) is 8.99. The fourth-order valence-electron chi connectivity index (χ4n) is 1.88. The van der Waals surface area contributed by atoms with Gasteiger partial charge in [-0.3, -0.25) is 15.1 Å². The molecule has 0 radical (unpaired) electrons. The van der Waals surface area contributed by atoms with E-state index in [1.54, 1.807) is 30.5 Å². The first-order valence-electron chi connectivity index (χ1n) is 5.89. The first kappa shape index (κ1) is 13.5. The van der Waals surface area contributed by atoms with Gasteiger partial charge in [-0.2, -0.15) is 0 Å². The van der Waals surface area contributed by atoms with E-state index in [1.807, 2.05) is 19.9 Å². The van der Waals surface area contributed by atoms with Crippen LogP contribution in [0.5, 0.6) is 0 Å². The van der Waals surface area contributed by atoms with Crippen LogP contribution in [0.2, 0.25) is 5.02 Å². The standard InChI is InChI=1S/C14H13ClN2O2/c1-9(2)14-13(17(18)19)7-11(8-16-14)10-4-3-5-12(15)6-10/h3-9H,1-2H3. The Kier molecular flexibility index (Phi) is 3.81. The minimum Gasteiger partial charge on any atom is -0.258 e. The average Bonchev–Trinajstić information content (AvgIpc) is 2.37. The van der Waals surface area contributed by atoms with Gasteiger partial charge in [0.25, 0.3) is 5.69 Å². The maximum absolute atomic E-state index is 11.1. The highest BCUT2D eigenvalue weighted by atomic mass is 35.5. The zero-order chi connectivity index (χ0) is 14.0. The Morgan fingerprint density at radius 3 is 2.58 bits per heavy atom. The molecule has 0 N–H and O–H groups in total. The van der Waals surface area contributed by atoms with E-state index >= 15 is 0 Å². The predicted octanol–water partition coefficient (Wildman–Crippen LogP) is 4.43. The van der Waals surface area contributed by atoms with Crippen LogP contribution in [0.15, 0.2) is 36.5 Å². The van der Waals surface area contributed by atoms with Crippen molar-refractivity contribution in [3.8, 4) is 11.1 Å². The quantitative estimate of drug-likeness (QED) is 0.615. The lowest BCUT2D eigenvalue weighted by atomic mass is 10.0. The van der Waals surface area contributed by atoms with Gasteiger partial charge in [0.05, 0.1) is 4.92 Å². The van der Waals surface area contributed by atoms with Gasteiger partial charge in [0.15, 0.2) is 0 Å². The van der Waals surface area contributed by atoms with E-state index in [0.717, 1.165) is 5.56 Å². The molecule has 5 heteroatoms. The van der Waals surface area contributed by atoms with E-state index in [1.165, 1.54) is 0 Å². The summed E-state index contributed by atoms with van der Waals surface area (Å²) >= 11 is 5.92. The summed E-state index contributed by atoms with van der Waals surface area (Å²) in [5.41, 5.74) is 2.06. The van der Waals surface area contributed by atoms with Crippen molar-refractivity contribution in [2.75, 3.05) is 0 Å². The number of nitro groups is 1. The van der Waals surface area contributed by atoms with Crippen molar-refractivity contribution < 1.29 is 4.92 Å². The van der Waals surface area contributed by atoms with Crippen molar-refractivity contribution in [1.29, 1.82) is 0 Å². The molecule has 2 rings (SSSR count). The molecule has 0 bridgehead atoms. The van der Waals surface area contributed by atoms with Crippen molar-refractivity contribution in [3.63, 3.8) is 0 Å². The van der Waals surface area contributed by atoms with E-state index < -0.39 is 4.92 Å². The number of hydrogen-bond acceptors (Lipinski definition) is 3. The summed E-state index contributed by atoms with van der Waals surface area (Å²) in [6, 6.07) is 8.72. The summed E-state index contributed by atoms with van der Waals surface area (Å²) in [6.07, 6.45) is 1.65. The third kappa shape index (κ3) is 2.90. The third-order valence-electron chi connectivity index (χ3n) is 2.80. The summed E-state index contributed by atoms with van der Waals surface area (Å²) in [5, 5.41) is 11.7. The topological polar surface area (TPSA) is 56.0 Å². The fraction of sp³-hybridized carbons (Fsp3) is 0.214. The molecule has 1 heterocycles. The molecule has 2 aromatic rings. The van der Waals surface area contributed by atoms with Crippen LogP contribution >= 0.6 is 11.6 Å². The van der Waals surface area contributed by atoms with Gasteiger partial charge in [-0.15, -0.1) is 0 Å². The maximum Gasteiger partial charge on any atom is 0.291 e. The molecule has 0 fully saturated rings. The van der Waals surface area contributed by atoms with Crippen molar-refractivity contribution in [2.45, 2.75) is 19.8 Å². The summed E-state index contributed by atoms with van der Waals surface area (Å²) in [6.45, 7) is 3.77. The number of aromatic nitrogens is 1. The monoisotopic (exact) mass is 276 g/mol. The van der Waals surface area contributed by atoms with Crippen LogP contribution in [0.25, 0.3) is 11.1 Å². The minimum absolute atomic E-state index is 0.00816. The van der Waals surface area contributed by atoms with Crippen molar-refractivity contribution >= 4 is 17.3 Å². The zero-order valence-electron chi connectivity index (χ0n) is 10.6. The molecule has 0 unspecified atom stereocenters. The highest BCUT2D eigenvalue weighted by Gasteiger charge is 2.19. The van der Waals surface area contributed by atoms with Crippen LogP contribution in [-0.2, 0) is 0 Å². The van der Waals surface area contributed by atoms with Crippen LogP contribution in [-0.4, -0.2) is 9.91 Å². The molecule has 1 aromatic heterocycles. The van der Waals surface area contributed by atoms with Gasteiger partial charge in [0.1, 0.15) is 5.69 Å². The zero-order valence-corrected chi connectivity index (χ0v) is 11.4. The molecule has 0 saturated heterocycles. The number of benzene rings is 1. The Morgan fingerprint density at radius 2 is 2.00 bits per heavy atom. The predicted molar refractivity (Wildman–Crippen MR) is 75.4 cm³/mol.